The molecule has 2 fully saturated rings. The molecule has 0 aromatic heterocycles. The van der Waals surface area contributed by atoms with Crippen LogP contribution in [0, 0.1) is 5.92 Å². The van der Waals surface area contributed by atoms with Crippen LogP contribution in [0.4, 0.5) is 4.39 Å². The highest BCUT2D eigenvalue weighted by Crippen LogP contribution is 2.41. The van der Waals surface area contributed by atoms with Crippen LogP contribution in [-0.4, -0.2) is 59.1 Å². The number of alkyl halides is 1. The molecule has 0 bridgehead atoms. The van der Waals surface area contributed by atoms with Gasteiger partial charge >= 0.3 is 0 Å². The van der Waals surface area contributed by atoms with Gasteiger partial charge in [0.05, 0.1) is 6.10 Å². The van der Waals surface area contributed by atoms with E-state index >= 15 is 0 Å². The summed E-state index contributed by atoms with van der Waals surface area (Å²) < 4.78 is 24.3. The van der Waals surface area contributed by atoms with E-state index in [0.29, 0.717) is 16.5 Å². The predicted octanol–water partition coefficient (Wildman–Crippen LogP) is 2.58. The first-order valence-corrected chi connectivity index (χ1v) is 9.76. The molecular formula is C20H28ClFO5. The third kappa shape index (κ3) is 4.16. The van der Waals surface area contributed by atoms with Gasteiger partial charge in [-0.1, -0.05) is 23.7 Å². The molecule has 3 rings (SSSR count). The first-order valence-electron chi connectivity index (χ1n) is 9.39. The van der Waals surface area contributed by atoms with Gasteiger partial charge in [-0.05, 0) is 55.7 Å². The Bertz CT molecular complexity index is 655. The van der Waals surface area contributed by atoms with Crippen molar-refractivity contribution in [2.45, 2.75) is 68.7 Å². The van der Waals surface area contributed by atoms with Crippen molar-refractivity contribution in [3.8, 4) is 0 Å². The highest BCUT2D eigenvalue weighted by atomic mass is 35.5. The second kappa shape index (κ2) is 8.31. The topological polar surface area (TPSA) is 79.2 Å². The van der Waals surface area contributed by atoms with Crippen LogP contribution in [-0.2, 0) is 15.9 Å². The Balaban J connectivity index is 1.84. The SMILES string of the molecule is COC1CCC(Cc2cc([C@@H]3OC(CF)[C@@H](O)[C@H](O)[C@]3(C)O)ccc2Cl)C1. The minimum atomic E-state index is -1.76. The van der Waals surface area contributed by atoms with Crippen molar-refractivity contribution in [1.29, 1.82) is 0 Å². The molecule has 5 nitrogen and oxygen atoms in total. The number of halogens is 2. The first-order chi connectivity index (χ1) is 12.8. The highest BCUT2D eigenvalue weighted by Gasteiger charge is 2.52. The van der Waals surface area contributed by atoms with Crippen molar-refractivity contribution in [3.63, 3.8) is 0 Å². The molecule has 0 spiro atoms. The van der Waals surface area contributed by atoms with Gasteiger partial charge in [0, 0.05) is 12.1 Å². The number of rotatable bonds is 5. The van der Waals surface area contributed by atoms with E-state index in [1.807, 2.05) is 6.07 Å². The number of ether oxygens (including phenoxy) is 2. The maximum absolute atomic E-state index is 13.2. The Morgan fingerprint density at radius 3 is 2.70 bits per heavy atom. The van der Waals surface area contributed by atoms with Crippen LogP contribution in [0.2, 0.25) is 5.02 Å². The summed E-state index contributed by atoms with van der Waals surface area (Å²) in [5.74, 6) is 0.460. The minimum Gasteiger partial charge on any atom is -0.387 e. The monoisotopic (exact) mass is 402 g/mol. The fourth-order valence-corrected chi connectivity index (χ4v) is 4.49. The fourth-order valence-electron chi connectivity index (χ4n) is 4.29. The van der Waals surface area contributed by atoms with Crippen molar-refractivity contribution in [2.24, 2.45) is 5.92 Å². The van der Waals surface area contributed by atoms with Crippen molar-refractivity contribution in [2.75, 3.05) is 13.8 Å². The molecule has 2 aliphatic rings. The van der Waals surface area contributed by atoms with Crippen LogP contribution in [0.15, 0.2) is 18.2 Å². The molecule has 1 aliphatic heterocycles. The van der Waals surface area contributed by atoms with E-state index in [4.69, 9.17) is 21.1 Å². The Morgan fingerprint density at radius 2 is 2.07 bits per heavy atom. The van der Waals surface area contributed by atoms with Gasteiger partial charge in [-0.15, -0.1) is 0 Å². The second-order valence-electron chi connectivity index (χ2n) is 7.96. The lowest BCUT2D eigenvalue weighted by atomic mass is 9.80. The molecule has 1 aromatic rings. The van der Waals surface area contributed by atoms with Crippen LogP contribution < -0.4 is 0 Å². The maximum atomic E-state index is 13.2. The lowest BCUT2D eigenvalue weighted by Crippen LogP contribution is -2.61. The van der Waals surface area contributed by atoms with Gasteiger partial charge < -0.3 is 24.8 Å². The normalized spacial score (nSPS) is 39.7. The molecule has 0 radical (unpaired) electrons. The number of aliphatic hydroxyl groups is 3. The van der Waals surface area contributed by atoms with Gasteiger partial charge in [0.25, 0.3) is 0 Å². The molecule has 1 aliphatic carbocycles. The number of benzene rings is 1. The summed E-state index contributed by atoms with van der Waals surface area (Å²) in [5.41, 5.74) is -0.233. The highest BCUT2D eigenvalue weighted by molar-refractivity contribution is 6.31. The third-order valence-electron chi connectivity index (χ3n) is 6.00. The number of hydrogen-bond acceptors (Lipinski definition) is 5. The van der Waals surface area contributed by atoms with E-state index in [9.17, 15) is 19.7 Å². The summed E-state index contributed by atoms with van der Waals surface area (Å²) in [4.78, 5) is 0. The lowest BCUT2D eigenvalue weighted by Gasteiger charge is -2.46. The lowest BCUT2D eigenvalue weighted by molar-refractivity contribution is -0.268. The smallest absolute Gasteiger partial charge is 0.121 e. The van der Waals surface area contributed by atoms with Crippen LogP contribution in [0.1, 0.15) is 43.4 Å². The van der Waals surface area contributed by atoms with E-state index in [2.05, 4.69) is 0 Å². The van der Waals surface area contributed by atoms with Gasteiger partial charge in [0.1, 0.15) is 36.7 Å². The summed E-state index contributed by atoms with van der Waals surface area (Å²) >= 11 is 6.38. The van der Waals surface area contributed by atoms with E-state index in [-0.39, 0.29) is 6.10 Å². The Kier molecular flexibility index (Phi) is 6.45. The molecule has 152 valence electrons. The molecule has 7 atom stereocenters. The van der Waals surface area contributed by atoms with Gasteiger partial charge in [0.2, 0.25) is 0 Å². The molecule has 1 saturated carbocycles. The summed E-state index contributed by atoms with van der Waals surface area (Å²) in [6, 6.07) is 5.29. The fraction of sp³-hybridized carbons (Fsp3) is 0.700. The summed E-state index contributed by atoms with van der Waals surface area (Å²) in [7, 11) is 1.73. The van der Waals surface area contributed by atoms with Crippen molar-refractivity contribution < 1.29 is 29.2 Å². The van der Waals surface area contributed by atoms with Gasteiger partial charge in [-0.3, -0.25) is 0 Å². The Hall–Kier alpha value is -0.760. The van der Waals surface area contributed by atoms with Gasteiger partial charge in [-0.2, -0.15) is 0 Å². The molecular weight excluding hydrogens is 375 g/mol. The third-order valence-corrected chi connectivity index (χ3v) is 6.37. The molecule has 7 heteroatoms. The zero-order valence-corrected chi connectivity index (χ0v) is 16.4. The summed E-state index contributed by atoms with van der Waals surface area (Å²) in [6.07, 6.45) is -1.05. The van der Waals surface area contributed by atoms with Crippen molar-refractivity contribution in [1.82, 2.24) is 0 Å². The zero-order chi connectivity index (χ0) is 19.8. The zero-order valence-electron chi connectivity index (χ0n) is 15.6. The molecule has 1 saturated heterocycles. The van der Waals surface area contributed by atoms with Crippen LogP contribution in [0.5, 0.6) is 0 Å². The maximum Gasteiger partial charge on any atom is 0.121 e. The van der Waals surface area contributed by atoms with Crippen molar-refractivity contribution >= 4 is 11.6 Å². The Morgan fingerprint density at radius 1 is 1.33 bits per heavy atom. The molecule has 27 heavy (non-hydrogen) atoms. The van der Waals surface area contributed by atoms with E-state index in [1.54, 1.807) is 19.2 Å². The van der Waals surface area contributed by atoms with E-state index in [1.165, 1.54) is 6.92 Å². The minimum absolute atomic E-state index is 0.279. The number of methoxy groups -OCH3 is 1. The molecule has 0 amide bonds. The number of hydrogen-bond donors (Lipinski definition) is 3. The van der Waals surface area contributed by atoms with Crippen LogP contribution in [0.3, 0.4) is 0 Å². The second-order valence-corrected chi connectivity index (χ2v) is 8.37. The van der Waals surface area contributed by atoms with Crippen LogP contribution >= 0.6 is 11.6 Å². The van der Waals surface area contributed by atoms with Gasteiger partial charge in [-0.25, -0.2) is 4.39 Å². The largest absolute Gasteiger partial charge is 0.387 e. The summed E-state index contributed by atoms with van der Waals surface area (Å²) in [6.45, 7) is 0.431. The van der Waals surface area contributed by atoms with Gasteiger partial charge in [0.15, 0.2) is 0 Å². The first kappa shape index (κ1) is 21.0. The summed E-state index contributed by atoms with van der Waals surface area (Å²) in [5, 5.41) is 31.6. The van der Waals surface area contributed by atoms with Crippen LogP contribution in [0.25, 0.3) is 0 Å². The predicted molar refractivity (Wildman–Crippen MR) is 99.5 cm³/mol. The van der Waals surface area contributed by atoms with E-state index < -0.39 is 36.7 Å². The molecule has 1 aromatic carbocycles. The average Bonchev–Trinajstić information content (AvgIpc) is 3.10. The quantitative estimate of drug-likeness (QED) is 0.705. The number of aliphatic hydroxyl groups excluding tert-OH is 2. The van der Waals surface area contributed by atoms with Crippen molar-refractivity contribution in [3.05, 3.63) is 34.3 Å². The van der Waals surface area contributed by atoms with E-state index in [0.717, 1.165) is 31.2 Å². The standard InChI is InChI=1S/C20H28ClFO5/c1-20(25)18(24)17(23)16(10-22)27-19(20)12-4-6-15(21)13(9-12)7-11-3-5-14(8-11)26-2/h4,6,9,11,14,16-19,23-25H,3,5,7-8,10H2,1-2H3/t11?,14?,16?,17-,18+,19+,20+/m1/s1. The molecule has 1 heterocycles. The average molecular weight is 403 g/mol. The molecule has 3 unspecified atom stereocenters. The Labute approximate surface area is 164 Å². The molecule has 3 N–H and O–H groups in total.